The van der Waals surface area contributed by atoms with Crippen LogP contribution in [0.15, 0.2) is 6.20 Å². The van der Waals surface area contributed by atoms with Crippen LogP contribution >= 0.6 is 0 Å². The number of amides is 1. The summed E-state index contributed by atoms with van der Waals surface area (Å²) in [5, 5.41) is 12.7. The van der Waals surface area contributed by atoms with Crippen LogP contribution in [0.2, 0.25) is 0 Å². The smallest absolute Gasteiger partial charge is 0.219 e. The normalized spacial score (nSPS) is 9.54. The summed E-state index contributed by atoms with van der Waals surface area (Å²) in [6.07, 6.45) is 1.85. The summed E-state index contributed by atoms with van der Waals surface area (Å²) < 4.78 is 1.55. The molecule has 0 atom stereocenters. The van der Waals surface area contributed by atoms with E-state index < -0.39 is 0 Å². The van der Waals surface area contributed by atoms with E-state index in [1.807, 2.05) is 6.07 Å². The zero-order chi connectivity index (χ0) is 9.84. The van der Waals surface area contributed by atoms with E-state index in [-0.39, 0.29) is 12.3 Å². The van der Waals surface area contributed by atoms with Crippen LogP contribution in [0.1, 0.15) is 17.7 Å². The zero-order valence-corrected chi connectivity index (χ0v) is 7.32. The number of primary amides is 1. The Kier molecular flexibility index (Phi) is 2.65. The summed E-state index contributed by atoms with van der Waals surface area (Å²) in [5.74, 6) is -0.369. The number of carbonyl (C=O) groups is 1. The van der Waals surface area contributed by atoms with Crippen LogP contribution in [0, 0.1) is 18.3 Å². The summed E-state index contributed by atoms with van der Waals surface area (Å²) in [6, 6.07) is 2.00. The molecule has 1 amide bonds. The number of nitrogens with two attached hydrogens (primary N) is 1. The summed E-state index contributed by atoms with van der Waals surface area (Å²) in [4.78, 5) is 10.4. The minimum absolute atomic E-state index is 0.242. The molecule has 0 saturated carbocycles. The molecule has 1 rings (SSSR count). The number of aromatic nitrogens is 2. The molecule has 1 heterocycles. The Morgan fingerprint density at radius 2 is 2.54 bits per heavy atom. The number of nitrogens with zero attached hydrogens (tertiary/aromatic N) is 3. The average molecular weight is 178 g/mol. The van der Waals surface area contributed by atoms with E-state index in [4.69, 9.17) is 11.0 Å². The molecule has 0 aliphatic rings. The van der Waals surface area contributed by atoms with Crippen molar-refractivity contribution in [2.75, 3.05) is 0 Å². The third kappa shape index (κ3) is 2.30. The van der Waals surface area contributed by atoms with Gasteiger partial charge in [-0.2, -0.15) is 10.4 Å². The van der Waals surface area contributed by atoms with Crippen LogP contribution in [-0.4, -0.2) is 15.7 Å². The van der Waals surface area contributed by atoms with E-state index in [9.17, 15) is 4.79 Å². The standard InChI is InChI=1S/C8H10N4O/c1-6-7(4-9)5-12(11-6)3-2-8(10)13/h5H,2-3H2,1H3,(H2,10,13). The highest BCUT2D eigenvalue weighted by atomic mass is 16.1. The zero-order valence-electron chi connectivity index (χ0n) is 7.32. The Morgan fingerprint density at radius 1 is 1.85 bits per heavy atom. The van der Waals surface area contributed by atoms with Gasteiger partial charge in [0.2, 0.25) is 5.91 Å². The maximum Gasteiger partial charge on any atom is 0.219 e. The van der Waals surface area contributed by atoms with Crippen molar-refractivity contribution in [1.29, 1.82) is 5.26 Å². The lowest BCUT2D eigenvalue weighted by atomic mass is 10.3. The molecule has 13 heavy (non-hydrogen) atoms. The number of nitriles is 1. The maximum atomic E-state index is 10.4. The topological polar surface area (TPSA) is 84.7 Å². The molecule has 0 saturated heterocycles. The Bertz CT molecular complexity index is 361. The molecule has 0 unspecified atom stereocenters. The van der Waals surface area contributed by atoms with Gasteiger partial charge in [0.25, 0.3) is 0 Å². The summed E-state index contributed by atoms with van der Waals surface area (Å²) in [7, 11) is 0. The van der Waals surface area contributed by atoms with Gasteiger partial charge in [0.1, 0.15) is 6.07 Å². The molecule has 5 nitrogen and oxygen atoms in total. The fourth-order valence-electron chi connectivity index (χ4n) is 0.967. The second kappa shape index (κ2) is 3.72. The molecule has 2 N–H and O–H groups in total. The largest absolute Gasteiger partial charge is 0.370 e. The number of aryl methyl sites for hydroxylation is 2. The van der Waals surface area contributed by atoms with Crippen molar-refractivity contribution in [2.45, 2.75) is 19.9 Å². The van der Waals surface area contributed by atoms with Crippen LogP contribution in [0.3, 0.4) is 0 Å². The molecule has 0 aliphatic carbocycles. The number of hydrogen-bond donors (Lipinski definition) is 1. The molecule has 68 valence electrons. The van der Waals surface area contributed by atoms with Gasteiger partial charge in [-0.15, -0.1) is 0 Å². The summed E-state index contributed by atoms with van der Waals surface area (Å²) >= 11 is 0. The lowest BCUT2D eigenvalue weighted by Crippen LogP contribution is -2.14. The number of carbonyl (C=O) groups excluding carboxylic acids is 1. The number of hydrogen-bond acceptors (Lipinski definition) is 3. The van der Waals surface area contributed by atoms with Gasteiger partial charge in [-0.25, -0.2) is 0 Å². The van der Waals surface area contributed by atoms with Gasteiger partial charge in [0.05, 0.1) is 11.3 Å². The highest BCUT2D eigenvalue weighted by Gasteiger charge is 2.03. The maximum absolute atomic E-state index is 10.4. The van der Waals surface area contributed by atoms with Crippen molar-refractivity contribution in [2.24, 2.45) is 5.73 Å². The second-order valence-corrected chi connectivity index (χ2v) is 2.72. The minimum Gasteiger partial charge on any atom is -0.370 e. The molecule has 0 aromatic carbocycles. The lowest BCUT2D eigenvalue weighted by molar-refractivity contribution is -0.118. The summed E-state index contributed by atoms with van der Waals surface area (Å²) in [5.41, 5.74) is 6.18. The van der Waals surface area contributed by atoms with Crippen LogP contribution < -0.4 is 5.73 Å². The third-order valence-corrected chi connectivity index (χ3v) is 1.65. The van der Waals surface area contributed by atoms with Gasteiger partial charge in [0, 0.05) is 19.2 Å². The Balaban J connectivity index is 2.69. The van der Waals surface area contributed by atoms with Gasteiger partial charge in [0.15, 0.2) is 0 Å². The summed E-state index contributed by atoms with van der Waals surface area (Å²) in [6.45, 7) is 2.18. The molecular formula is C8H10N4O. The molecule has 5 heteroatoms. The van der Waals surface area contributed by atoms with Gasteiger partial charge in [-0.05, 0) is 6.92 Å². The molecule has 0 spiro atoms. The molecule has 1 aromatic heterocycles. The van der Waals surface area contributed by atoms with E-state index in [0.29, 0.717) is 17.8 Å². The van der Waals surface area contributed by atoms with E-state index in [2.05, 4.69) is 5.10 Å². The quantitative estimate of drug-likeness (QED) is 0.703. The average Bonchev–Trinajstić information content (AvgIpc) is 2.43. The first-order chi connectivity index (χ1) is 6.13. The monoisotopic (exact) mass is 178 g/mol. The highest BCUT2D eigenvalue weighted by molar-refractivity contribution is 5.73. The predicted molar refractivity (Wildman–Crippen MR) is 45.5 cm³/mol. The van der Waals surface area contributed by atoms with E-state index >= 15 is 0 Å². The first-order valence-corrected chi connectivity index (χ1v) is 3.86. The van der Waals surface area contributed by atoms with Gasteiger partial charge in [-0.1, -0.05) is 0 Å². The van der Waals surface area contributed by atoms with Crippen LogP contribution in [0.5, 0.6) is 0 Å². The minimum atomic E-state index is -0.369. The Labute approximate surface area is 75.8 Å². The second-order valence-electron chi connectivity index (χ2n) is 2.72. The fraction of sp³-hybridized carbons (Fsp3) is 0.375. The predicted octanol–water partition coefficient (Wildman–Crippen LogP) is -0.0614. The van der Waals surface area contributed by atoms with Crippen LogP contribution in [0.25, 0.3) is 0 Å². The third-order valence-electron chi connectivity index (χ3n) is 1.65. The van der Waals surface area contributed by atoms with Crippen molar-refractivity contribution < 1.29 is 4.79 Å². The Morgan fingerprint density at radius 3 is 3.00 bits per heavy atom. The fourth-order valence-corrected chi connectivity index (χ4v) is 0.967. The molecule has 0 bridgehead atoms. The molecule has 0 aliphatic heterocycles. The highest BCUT2D eigenvalue weighted by Crippen LogP contribution is 2.03. The molecule has 0 fully saturated rings. The van der Waals surface area contributed by atoms with Crippen LogP contribution in [0.4, 0.5) is 0 Å². The van der Waals surface area contributed by atoms with Gasteiger partial charge < -0.3 is 5.73 Å². The van der Waals surface area contributed by atoms with Crippen molar-refractivity contribution in [3.8, 4) is 6.07 Å². The van der Waals surface area contributed by atoms with Crippen molar-refractivity contribution >= 4 is 5.91 Å². The van der Waals surface area contributed by atoms with Crippen molar-refractivity contribution in [3.05, 3.63) is 17.5 Å². The van der Waals surface area contributed by atoms with E-state index in [1.54, 1.807) is 17.8 Å². The molecular weight excluding hydrogens is 168 g/mol. The van der Waals surface area contributed by atoms with Crippen molar-refractivity contribution in [1.82, 2.24) is 9.78 Å². The van der Waals surface area contributed by atoms with Crippen molar-refractivity contribution in [3.63, 3.8) is 0 Å². The van der Waals surface area contributed by atoms with E-state index in [1.165, 1.54) is 0 Å². The van der Waals surface area contributed by atoms with E-state index in [0.717, 1.165) is 0 Å². The first-order valence-electron chi connectivity index (χ1n) is 3.86. The molecule has 0 radical (unpaired) electrons. The molecule has 1 aromatic rings. The van der Waals surface area contributed by atoms with Gasteiger partial charge in [-0.3, -0.25) is 9.48 Å². The lowest BCUT2D eigenvalue weighted by Gasteiger charge is -1.96. The SMILES string of the molecule is Cc1nn(CCC(N)=O)cc1C#N. The van der Waals surface area contributed by atoms with Gasteiger partial charge >= 0.3 is 0 Å². The first kappa shape index (κ1) is 9.26. The number of rotatable bonds is 3. The Hall–Kier alpha value is -1.83. The van der Waals surface area contributed by atoms with Crippen LogP contribution in [-0.2, 0) is 11.3 Å².